The van der Waals surface area contributed by atoms with Crippen molar-refractivity contribution in [2.75, 3.05) is 6.54 Å². The summed E-state index contributed by atoms with van der Waals surface area (Å²) in [6.45, 7) is 6.31. The molecule has 0 aromatic heterocycles. The first-order valence-electron chi connectivity index (χ1n) is 7.25. The highest BCUT2D eigenvalue weighted by atomic mass is 35.5. The molecular formula is C16H21ClN2O2. The van der Waals surface area contributed by atoms with Gasteiger partial charge in [-0.15, -0.1) is 0 Å². The summed E-state index contributed by atoms with van der Waals surface area (Å²) >= 11 is 5.91. The average Bonchev–Trinajstić information content (AvgIpc) is 2.58. The minimum absolute atomic E-state index is 0.0155. The Morgan fingerprint density at radius 1 is 1.19 bits per heavy atom. The van der Waals surface area contributed by atoms with Crippen molar-refractivity contribution in [2.45, 2.75) is 39.3 Å². The smallest absolute Gasteiger partial charge is 0.245 e. The lowest BCUT2D eigenvalue weighted by Gasteiger charge is -2.31. The zero-order valence-corrected chi connectivity index (χ0v) is 13.4. The lowest BCUT2D eigenvalue weighted by Crippen LogP contribution is -2.48. The molecule has 1 fully saturated rings. The standard InChI is InChI=1S/C16H21ClN2O2/c1-10(2)15-16(21)19(9-8-14(20)18-15)11(3)12-4-6-13(17)7-5-12/h4-7,10-11,15H,8-9H2,1-3H3,(H,18,20). The van der Waals surface area contributed by atoms with Crippen molar-refractivity contribution < 1.29 is 9.59 Å². The van der Waals surface area contributed by atoms with Crippen LogP contribution >= 0.6 is 11.6 Å². The minimum Gasteiger partial charge on any atom is -0.344 e. The van der Waals surface area contributed by atoms with Gasteiger partial charge in [0.2, 0.25) is 11.8 Å². The molecule has 4 nitrogen and oxygen atoms in total. The van der Waals surface area contributed by atoms with Crippen LogP contribution < -0.4 is 5.32 Å². The van der Waals surface area contributed by atoms with E-state index in [2.05, 4.69) is 5.32 Å². The molecule has 0 spiro atoms. The summed E-state index contributed by atoms with van der Waals surface area (Å²) in [5, 5.41) is 3.49. The number of amides is 2. The number of benzene rings is 1. The Labute approximate surface area is 130 Å². The number of carbonyl (C=O) groups excluding carboxylic acids is 2. The maximum Gasteiger partial charge on any atom is 0.245 e. The van der Waals surface area contributed by atoms with Gasteiger partial charge in [0.25, 0.3) is 0 Å². The van der Waals surface area contributed by atoms with E-state index in [0.29, 0.717) is 18.0 Å². The van der Waals surface area contributed by atoms with E-state index in [-0.39, 0.29) is 23.8 Å². The van der Waals surface area contributed by atoms with Crippen molar-refractivity contribution in [3.05, 3.63) is 34.9 Å². The van der Waals surface area contributed by atoms with Gasteiger partial charge in [-0.1, -0.05) is 37.6 Å². The van der Waals surface area contributed by atoms with E-state index in [4.69, 9.17) is 11.6 Å². The van der Waals surface area contributed by atoms with E-state index >= 15 is 0 Å². The summed E-state index contributed by atoms with van der Waals surface area (Å²) in [4.78, 5) is 26.3. The first kappa shape index (κ1) is 15.8. The SMILES string of the molecule is CC(C)C1NC(=O)CCN(C(C)c2ccc(Cl)cc2)C1=O. The molecule has 2 rings (SSSR count). The molecule has 1 aromatic carbocycles. The van der Waals surface area contributed by atoms with Crippen LogP contribution in [0.15, 0.2) is 24.3 Å². The Hall–Kier alpha value is -1.55. The second kappa shape index (κ2) is 6.48. The lowest BCUT2D eigenvalue weighted by molar-refractivity contribution is -0.136. The van der Waals surface area contributed by atoms with E-state index in [9.17, 15) is 9.59 Å². The van der Waals surface area contributed by atoms with Crippen LogP contribution in [-0.4, -0.2) is 29.3 Å². The summed E-state index contributed by atoms with van der Waals surface area (Å²) in [7, 11) is 0. The Balaban J connectivity index is 2.25. The van der Waals surface area contributed by atoms with Gasteiger partial charge < -0.3 is 10.2 Å². The van der Waals surface area contributed by atoms with E-state index in [1.165, 1.54) is 0 Å². The van der Waals surface area contributed by atoms with Crippen molar-refractivity contribution in [1.29, 1.82) is 0 Å². The molecule has 0 radical (unpaired) electrons. The van der Waals surface area contributed by atoms with Crippen molar-refractivity contribution in [3.8, 4) is 0 Å². The Bertz CT molecular complexity index is 528. The molecule has 2 unspecified atom stereocenters. The third-order valence-electron chi connectivity index (χ3n) is 3.93. The number of rotatable bonds is 3. The molecule has 1 aromatic rings. The molecule has 2 amide bonds. The van der Waals surface area contributed by atoms with Crippen LogP contribution in [0.5, 0.6) is 0 Å². The van der Waals surface area contributed by atoms with Crippen molar-refractivity contribution in [2.24, 2.45) is 5.92 Å². The zero-order valence-electron chi connectivity index (χ0n) is 12.6. The van der Waals surface area contributed by atoms with Crippen molar-refractivity contribution >= 4 is 23.4 Å². The maximum absolute atomic E-state index is 12.7. The normalized spacial score (nSPS) is 21.2. The fourth-order valence-corrected chi connectivity index (χ4v) is 2.70. The van der Waals surface area contributed by atoms with E-state index in [1.807, 2.05) is 45.0 Å². The fourth-order valence-electron chi connectivity index (χ4n) is 2.58. The predicted octanol–water partition coefficient (Wildman–Crippen LogP) is 2.77. The van der Waals surface area contributed by atoms with Crippen LogP contribution in [0.1, 0.15) is 38.8 Å². The van der Waals surface area contributed by atoms with Gasteiger partial charge in [0, 0.05) is 18.0 Å². The fraction of sp³-hybridized carbons (Fsp3) is 0.500. The second-order valence-electron chi connectivity index (χ2n) is 5.80. The second-order valence-corrected chi connectivity index (χ2v) is 6.23. The van der Waals surface area contributed by atoms with Crippen molar-refractivity contribution in [3.63, 3.8) is 0 Å². The first-order valence-corrected chi connectivity index (χ1v) is 7.63. The molecule has 0 aliphatic carbocycles. The third kappa shape index (κ3) is 3.56. The maximum atomic E-state index is 12.7. The highest BCUT2D eigenvalue weighted by Gasteiger charge is 2.34. The van der Waals surface area contributed by atoms with Gasteiger partial charge in [0.05, 0.1) is 6.04 Å². The Morgan fingerprint density at radius 2 is 1.81 bits per heavy atom. The molecule has 5 heteroatoms. The molecule has 1 aliphatic rings. The van der Waals surface area contributed by atoms with Crippen LogP contribution in [0.2, 0.25) is 5.02 Å². The number of nitrogens with zero attached hydrogens (tertiary/aromatic N) is 1. The molecule has 1 heterocycles. The summed E-state index contributed by atoms with van der Waals surface area (Å²) in [5.41, 5.74) is 1.02. The van der Waals surface area contributed by atoms with Crippen LogP contribution in [0, 0.1) is 5.92 Å². The van der Waals surface area contributed by atoms with Gasteiger partial charge in [0.1, 0.15) is 6.04 Å². The molecule has 0 saturated carbocycles. The summed E-state index contributed by atoms with van der Waals surface area (Å²) in [5.74, 6) is -0.00868. The van der Waals surface area contributed by atoms with Gasteiger partial charge in [0.15, 0.2) is 0 Å². The lowest BCUT2D eigenvalue weighted by atomic mass is 10.0. The molecule has 1 aliphatic heterocycles. The average molecular weight is 309 g/mol. The van der Waals surface area contributed by atoms with Crippen LogP contribution in [-0.2, 0) is 9.59 Å². The summed E-state index contributed by atoms with van der Waals surface area (Å²) < 4.78 is 0. The zero-order chi connectivity index (χ0) is 15.6. The Morgan fingerprint density at radius 3 is 2.38 bits per heavy atom. The number of halogens is 1. The van der Waals surface area contributed by atoms with E-state index in [1.54, 1.807) is 4.90 Å². The molecule has 2 atom stereocenters. The van der Waals surface area contributed by atoms with E-state index < -0.39 is 6.04 Å². The van der Waals surface area contributed by atoms with Gasteiger partial charge in [-0.05, 0) is 30.5 Å². The highest BCUT2D eigenvalue weighted by Crippen LogP contribution is 2.25. The topological polar surface area (TPSA) is 49.4 Å². The largest absolute Gasteiger partial charge is 0.344 e. The molecular weight excluding hydrogens is 288 g/mol. The minimum atomic E-state index is -0.449. The number of nitrogens with one attached hydrogen (secondary N) is 1. The number of carbonyl (C=O) groups is 2. The van der Waals surface area contributed by atoms with Gasteiger partial charge >= 0.3 is 0 Å². The Kier molecular flexibility index (Phi) is 4.88. The summed E-state index contributed by atoms with van der Waals surface area (Å²) in [6.07, 6.45) is 0.340. The number of hydrogen-bond acceptors (Lipinski definition) is 2. The quantitative estimate of drug-likeness (QED) is 0.933. The molecule has 21 heavy (non-hydrogen) atoms. The monoisotopic (exact) mass is 308 g/mol. The van der Waals surface area contributed by atoms with Crippen LogP contribution in [0.3, 0.4) is 0 Å². The van der Waals surface area contributed by atoms with Gasteiger partial charge in [-0.25, -0.2) is 0 Å². The third-order valence-corrected chi connectivity index (χ3v) is 4.18. The molecule has 114 valence electrons. The van der Waals surface area contributed by atoms with Gasteiger partial charge in [-0.2, -0.15) is 0 Å². The predicted molar refractivity (Wildman–Crippen MR) is 83.0 cm³/mol. The molecule has 1 saturated heterocycles. The summed E-state index contributed by atoms with van der Waals surface area (Å²) in [6, 6.07) is 6.95. The van der Waals surface area contributed by atoms with Crippen LogP contribution in [0.4, 0.5) is 0 Å². The van der Waals surface area contributed by atoms with Crippen LogP contribution in [0.25, 0.3) is 0 Å². The number of hydrogen-bond donors (Lipinski definition) is 1. The molecule has 1 N–H and O–H groups in total. The van der Waals surface area contributed by atoms with Crippen molar-refractivity contribution in [1.82, 2.24) is 10.2 Å². The van der Waals surface area contributed by atoms with E-state index in [0.717, 1.165) is 5.56 Å². The first-order chi connectivity index (χ1) is 9.90. The molecule has 0 bridgehead atoms. The van der Waals surface area contributed by atoms with Gasteiger partial charge in [-0.3, -0.25) is 9.59 Å². The highest BCUT2D eigenvalue weighted by molar-refractivity contribution is 6.30.